The molecule has 186 valence electrons. The standard InChI is InChI=1S/C17H24N2O2S.C10H16N2/c1-6-8-11-12(10-22-13(11)7-2)16(20)18-15-9-14(19-21-15)17(3,4)5;1-4-10(5-2)8-12-9(3)6-7-11/h9-10H,6-8H2,1-5H3,(H,18,20);4,6-8H,1,5,11H2,2-3H3/b;7-6-,10-8+,12-9+. The second-order valence-electron chi connectivity index (χ2n) is 8.83. The number of hydrogen-bond donors (Lipinski definition) is 2. The van der Waals surface area contributed by atoms with Gasteiger partial charge in [-0.05, 0) is 49.6 Å². The van der Waals surface area contributed by atoms with Crippen LogP contribution in [0, 0.1) is 0 Å². The van der Waals surface area contributed by atoms with E-state index in [4.69, 9.17) is 10.3 Å². The summed E-state index contributed by atoms with van der Waals surface area (Å²) < 4.78 is 5.24. The van der Waals surface area contributed by atoms with Gasteiger partial charge in [-0.1, -0.05) is 65.8 Å². The second-order valence-corrected chi connectivity index (χ2v) is 9.79. The van der Waals surface area contributed by atoms with Crippen molar-refractivity contribution in [2.24, 2.45) is 10.7 Å². The molecule has 0 aliphatic rings. The van der Waals surface area contributed by atoms with Crippen LogP contribution in [-0.4, -0.2) is 16.8 Å². The van der Waals surface area contributed by atoms with Gasteiger partial charge in [-0.25, -0.2) is 0 Å². The Bertz CT molecular complexity index is 1020. The van der Waals surface area contributed by atoms with Gasteiger partial charge in [-0.3, -0.25) is 15.1 Å². The number of hydrogen-bond acceptors (Lipinski definition) is 6. The van der Waals surface area contributed by atoms with Gasteiger partial charge in [-0.2, -0.15) is 0 Å². The Morgan fingerprint density at radius 2 is 2.03 bits per heavy atom. The molecule has 3 N–H and O–H groups in total. The average Bonchev–Trinajstić information content (AvgIpc) is 3.42. The summed E-state index contributed by atoms with van der Waals surface area (Å²) in [6.45, 7) is 18.1. The summed E-state index contributed by atoms with van der Waals surface area (Å²) in [7, 11) is 0. The van der Waals surface area contributed by atoms with E-state index in [-0.39, 0.29) is 11.3 Å². The maximum absolute atomic E-state index is 12.5. The Hall–Kier alpha value is -2.93. The van der Waals surface area contributed by atoms with E-state index in [1.807, 2.05) is 24.6 Å². The van der Waals surface area contributed by atoms with Crippen molar-refractivity contribution in [3.8, 4) is 0 Å². The van der Waals surface area contributed by atoms with Crippen LogP contribution in [0.5, 0.6) is 0 Å². The summed E-state index contributed by atoms with van der Waals surface area (Å²) in [6, 6.07) is 1.80. The minimum atomic E-state index is -0.115. The topological polar surface area (TPSA) is 93.5 Å². The number of anilines is 1. The molecule has 0 saturated heterocycles. The number of nitrogens with zero attached hydrogens (tertiary/aromatic N) is 2. The number of thiophene rings is 1. The molecule has 2 aromatic heterocycles. The highest BCUT2D eigenvalue weighted by atomic mass is 32.1. The van der Waals surface area contributed by atoms with Gasteiger partial charge in [0.25, 0.3) is 5.91 Å². The zero-order valence-electron chi connectivity index (χ0n) is 21.7. The normalized spacial score (nSPS) is 12.4. The maximum atomic E-state index is 12.5. The quantitative estimate of drug-likeness (QED) is 0.291. The predicted octanol–water partition coefficient (Wildman–Crippen LogP) is 7.20. The van der Waals surface area contributed by atoms with E-state index in [0.717, 1.165) is 48.2 Å². The Morgan fingerprint density at radius 1 is 1.32 bits per heavy atom. The van der Waals surface area contributed by atoms with Crippen LogP contribution >= 0.6 is 11.3 Å². The molecule has 2 aromatic rings. The number of aryl methyl sites for hydroxylation is 1. The zero-order chi connectivity index (χ0) is 25.7. The molecule has 2 rings (SSSR count). The molecule has 0 aromatic carbocycles. The first-order valence-corrected chi connectivity index (χ1v) is 12.6. The number of carbonyl (C=O) groups excluding carboxylic acids is 1. The lowest BCUT2D eigenvalue weighted by molar-refractivity contribution is 0.102. The van der Waals surface area contributed by atoms with E-state index < -0.39 is 0 Å². The summed E-state index contributed by atoms with van der Waals surface area (Å²) in [5.74, 6) is 0.289. The van der Waals surface area contributed by atoms with Gasteiger partial charge < -0.3 is 10.3 Å². The second kappa shape index (κ2) is 14.4. The van der Waals surface area contributed by atoms with Crippen LogP contribution in [0.4, 0.5) is 5.88 Å². The summed E-state index contributed by atoms with van der Waals surface area (Å²) in [5, 5.41) is 8.80. The Balaban J connectivity index is 0.000000411. The van der Waals surface area contributed by atoms with Crippen molar-refractivity contribution in [2.75, 3.05) is 5.32 Å². The summed E-state index contributed by atoms with van der Waals surface area (Å²) in [5.41, 5.74) is 9.88. The Labute approximate surface area is 208 Å². The average molecular weight is 485 g/mol. The number of aromatic nitrogens is 1. The molecular formula is C27H40N4O2S. The van der Waals surface area contributed by atoms with E-state index in [9.17, 15) is 4.79 Å². The number of aliphatic imine (C=N–C) groups is 1. The summed E-state index contributed by atoms with van der Waals surface area (Å²) in [4.78, 5) is 18.0. The summed E-state index contributed by atoms with van der Waals surface area (Å²) in [6.07, 6.45) is 10.7. The van der Waals surface area contributed by atoms with E-state index in [0.29, 0.717) is 5.88 Å². The van der Waals surface area contributed by atoms with Crippen LogP contribution in [0.25, 0.3) is 0 Å². The van der Waals surface area contributed by atoms with Crippen molar-refractivity contribution < 1.29 is 9.32 Å². The van der Waals surface area contributed by atoms with E-state index in [2.05, 4.69) is 63.6 Å². The SMILES string of the molecule is C=C\C(=C/N=C(C)/C=C\N)CC.CCCc1c(C(=O)Nc2cc(C(C)(C)C)no2)csc1CC. The highest BCUT2D eigenvalue weighted by Crippen LogP contribution is 2.27. The van der Waals surface area contributed by atoms with Crippen LogP contribution in [0.15, 0.2) is 57.7 Å². The molecule has 0 aliphatic carbocycles. The lowest BCUT2D eigenvalue weighted by Gasteiger charge is -2.12. The number of rotatable bonds is 9. The number of amides is 1. The van der Waals surface area contributed by atoms with Crippen LogP contribution < -0.4 is 11.1 Å². The first-order chi connectivity index (χ1) is 16.1. The zero-order valence-corrected chi connectivity index (χ0v) is 22.5. The molecule has 0 saturated carbocycles. The minimum absolute atomic E-state index is 0.0996. The molecule has 0 fully saturated rings. The monoisotopic (exact) mass is 484 g/mol. The number of carbonyl (C=O) groups is 1. The molecule has 6 nitrogen and oxygen atoms in total. The fraction of sp³-hybridized carbons (Fsp3) is 0.444. The van der Waals surface area contributed by atoms with Crippen molar-refractivity contribution in [1.29, 1.82) is 0 Å². The lowest BCUT2D eigenvalue weighted by Crippen LogP contribution is -2.13. The third-order valence-electron chi connectivity index (χ3n) is 5.00. The first kappa shape index (κ1) is 29.1. The van der Waals surface area contributed by atoms with E-state index >= 15 is 0 Å². The molecule has 2 heterocycles. The number of nitrogens with two attached hydrogens (primary N) is 1. The van der Waals surface area contributed by atoms with Crippen molar-refractivity contribution in [3.05, 3.63) is 69.8 Å². The first-order valence-electron chi connectivity index (χ1n) is 11.7. The van der Waals surface area contributed by atoms with Gasteiger partial charge in [0, 0.05) is 33.7 Å². The van der Waals surface area contributed by atoms with Gasteiger partial charge in [0.05, 0.1) is 11.3 Å². The largest absolute Gasteiger partial charge is 0.405 e. The molecule has 34 heavy (non-hydrogen) atoms. The smallest absolute Gasteiger partial charge is 0.259 e. The molecule has 7 heteroatoms. The highest BCUT2D eigenvalue weighted by molar-refractivity contribution is 7.10. The Morgan fingerprint density at radius 3 is 2.53 bits per heavy atom. The maximum Gasteiger partial charge on any atom is 0.259 e. The molecule has 0 unspecified atom stereocenters. The summed E-state index contributed by atoms with van der Waals surface area (Å²) >= 11 is 1.66. The van der Waals surface area contributed by atoms with Gasteiger partial charge in [0.2, 0.25) is 5.88 Å². The van der Waals surface area contributed by atoms with E-state index in [1.165, 1.54) is 16.6 Å². The Kier molecular flexibility index (Phi) is 12.3. The highest BCUT2D eigenvalue weighted by Gasteiger charge is 2.21. The lowest BCUT2D eigenvalue weighted by atomic mass is 9.92. The molecule has 1 amide bonds. The fourth-order valence-electron chi connectivity index (χ4n) is 2.96. The minimum Gasteiger partial charge on any atom is -0.405 e. The fourth-order valence-corrected chi connectivity index (χ4v) is 3.99. The number of nitrogens with one attached hydrogen (secondary N) is 1. The van der Waals surface area contributed by atoms with Crippen molar-refractivity contribution >= 4 is 28.8 Å². The van der Waals surface area contributed by atoms with Crippen LogP contribution in [0.1, 0.15) is 87.8 Å². The van der Waals surface area contributed by atoms with Crippen LogP contribution in [-0.2, 0) is 18.3 Å². The molecule has 0 bridgehead atoms. The third-order valence-corrected chi connectivity index (χ3v) is 6.18. The predicted molar refractivity (Wildman–Crippen MR) is 146 cm³/mol. The molecule has 0 radical (unpaired) electrons. The van der Waals surface area contributed by atoms with Crippen molar-refractivity contribution in [1.82, 2.24) is 5.16 Å². The molecular weight excluding hydrogens is 444 g/mol. The van der Waals surface area contributed by atoms with Crippen LogP contribution in [0.2, 0.25) is 0 Å². The van der Waals surface area contributed by atoms with Gasteiger partial charge in [0.1, 0.15) is 0 Å². The molecule has 0 aliphatic heterocycles. The molecule has 0 atom stereocenters. The van der Waals surface area contributed by atoms with Crippen molar-refractivity contribution in [2.45, 2.75) is 79.6 Å². The van der Waals surface area contributed by atoms with Gasteiger partial charge >= 0.3 is 0 Å². The van der Waals surface area contributed by atoms with Crippen molar-refractivity contribution in [3.63, 3.8) is 0 Å². The van der Waals surface area contributed by atoms with Gasteiger partial charge in [0.15, 0.2) is 0 Å². The molecule has 0 spiro atoms. The number of allylic oxidation sites excluding steroid dienone is 3. The third kappa shape index (κ3) is 9.14. The van der Waals surface area contributed by atoms with Crippen LogP contribution in [0.3, 0.4) is 0 Å². The van der Waals surface area contributed by atoms with Gasteiger partial charge in [-0.15, -0.1) is 11.3 Å². The van der Waals surface area contributed by atoms with E-state index in [1.54, 1.807) is 23.5 Å².